The van der Waals surface area contributed by atoms with Crippen LogP contribution in [-0.4, -0.2) is 31.2 Å². The molecule has 1 saturated carbocycles. The van der Waals surface area contributed by atoms with E-state index in [9.17, 15) is 21.6 Å². The molecule has 112 valence electrons. The molecule has 20 heavy (non-hydrogen) atoms. The van der Waals surface area contributed by atoms with Crippen LogP contribution >= 0.6 is 11.6 Å². The number of sulfonamides is 1. The Bertz CT molecular complexity index is 582. The SMILES string of the molecule is O=S(=O)(c1c(F)cc(F)cc1F)N(CCCl)C1CCC1. The second-order valence-corrected chi connectivity index (χ2v) is 6.79. The molecule has 0 aliphatic heterocycles. The van der Waals surface area contributed by atoms with Crippen LogP contribution in [0.2, 0.25) is 0 Å². The van der Waals surface area contributed by atoms with Crippen molar-refractivity contribution in [2.75, 3.05) is 12.4 Å². The number of alkyl halides is 1. The van der Waals surface area contributed by atoms with E-state index in [0.717, 1.165) is 10.7 Å². The second-order valence-electron chi connectivity index (χ2n) is 4.59. The van der Waals surface area contributed by atoms with E-state index in [1.165, 1.54) is 0 Å². The van der Waals surface area contributed by atoms with E-state index in [0.29, 0.717) is 25.0 Å². The summed E-state index contributed by atoms with van der Waals surface area (Å²) in [5.74, 6) is -4.01. The van der Waals surface area contributed by atoms with Crippen molar-refractivity contribution in [1.82, 2.24) is 4.31 Å². The molecule has 0 heterocycles. The van der Waals surface area contributed by atoms with Gasteiger partial charge in [-0.1, -0.05) is 6.42 Å². The molecule has 1 aromatic carbocycles. The third-order valence-electron chi connectivity index (χ3n) is 3.32. The molecule has 0 bridgehead atoms. The average Bonchev–Trinajstić information content (AvgIpc) is 2.23. The van der Waals surface area contributed by atoms with E-state index in [2.05, 4.69) is 0 Å². The lowest BCUT2D eigenvalue weighted by atomic mass is 9.93. The second kappa shape index (κ2) is 5.91. The van der Waals surface area contributed by atoms with E-state index in [4.69, 9.17) is 11.6 Å². The predicted octanol–water partition coefficient (Wildman–Crippen LogP) is 2.89. The van der Waals surface area contributed by atoms with Crippen molar-refractivity contribution < 1.29 is 21.6 Å². The normalized spacial score (nSPS) is 16.4. The van der Waals surface area contributed by atoms with E-state index in [1.54, 1.807) is 0 Å². The highest BCUT2D eigenvalue weighted by Gasteiger charge is 2.37. The van der Waals surface area contributed by atoms with Crippen LogP contribution in [0.3, 0.4) is 0 Å². The van der Waals surface area contributed by atoms with Crippen molar-refractivity contribution in [2.45, 2.75) is 30.2 Å². The fourth-order valence-corrected chi connectivity index (χ4v) is 4.21. The zero-order valence-corrected chi connectivity index (χ0v) is 12.0. The minimum Gasteiger partial charge on any atom is -0.207 e. The Hall–Kier alpha value is -0.790. The Morgan fingerprint density at radius 1 is 1.20 bits per heavy atom. The number of rotatable bonds is 5. The van der Waals surface area contributed by atoms with Crippen LogP contribution < -0.4 is 0 Å². The Kier molecular flexibility index (Phi) is 4.61. The van der Waals surface area contributed by atoms with Gasteiger partial charge in [0, 0.05) is 30.6 Å². The molecule has 0 saturated heterocycles. The van der Waals surface area contributed by atoms with E-state index in [-0.39, 0.29) is 18.5 Å². The first-order valence-corrected chi connectivity index (χ1v) is 8.07. The van der Waals surface area contributed by atoms with Gasteiger partial charge >= 0.3 is 0 Å². The summed E-state index contributed by atoms with van der Waals surface area (Å²) in [5.41, 5.74) is 0. The maximum atomic E-state index is 13.7. The highest BCUT2D eigenvalue weighted by atomic mass is 35.5. The maximum Gasteiger partial charge on any atom is 0.249 e. The summed E-state index contributed by atoms with van der Waals surface area (Å²) in [6.45, 7) is -0.0369. The van der Waals surface area contributed by atoms with Gasteiger partial charge in [-0.3, -0.25) is 0 Å². The molecular weight excluding hydrogens is 315 g/mol. The van der Waals surface area contributed by atoms with E-state index >= 15 is 0 Å². The number of nitrogens with zero attached hydrogens (tertiary/aromatic N) is 1. The van der Waals surface area contributed by atoms with Crippen LogP contribution in [0, 0.1) is 17.5 Å². The fraction of sp³-hybridized carbons (Fsp3) is 0.500. The fourth-order valence-electron chi connectivity index (χ4n) is 2.15. The zero-order chi connectivity index (χ0) is 14.9. The van der Waals surface area contributed by atoms with E-state index in [1.807, 2.05) is 0 Å². The molecule has 2 rings (SSSR count). The molecule has 1 aliphatic carbocycles. The van der Waals surface area contributed by atoms with Crippen LogP contribution in [0.25, 0.3) is 0 Å². The van der Waals surface area contributed by atoms with Gasteiger partial charge in [-0.25, -0.2) is 21.6 Å². The van der Waals surface area contributed by atoms with Crippen molar-refractivity contribution in [3.05, 3.63) is 29.6 Å². The first kappa shape index (κ1) is 15.6. The van der Waals surface area contributed by atoms with Gasteiger partial charge in [-0.05, 0) is 12.8 Å². The molecule has 0 atom stereocenters. The van der Waals surface area contributed by atoms with Crippen LogP contribution in [0.15, 0.2) is 17.0 Å². The van der Waals surface area contributed by atoms with Gasteiger partial charge in [0.2, 0.25) is 10.0 Å². The van der Waals surface area contributed by atoms with Crippen molar-refractivity contribution in [1.29, 1.82) is 0 Å². The molecule has 0 unspecified atom stereocenters. The van der Waals surface area contributed by atoms with Crippen molar-refractivity contribution >= 4 is 21.6 Å². The molecule has 1 aromatic rings. The van der Waals surface area contributed by atoms with Gasteiger partial charge < -0.3 is 0 Å². The standard InChI is InChI=1S/C12H13ClF3NO2S/c13-4-5-17(9-2-1-3-9)20(18,19)12-10(15)6-8(14)7-11(12)16/h6-7,9H,1-5H2. The smallest absolute Gasteiger partial charge is 0.207 e. The van der Waals surface area contributed by atoms with Crippen LogP contribution in [-0.2, 0) is 10.0 Å². The third kappa shape index (κ3) is 2.80. The zero-order valence-electron chi connectivity index (χ0n) is 10.5. The lowest BCUT2D eigenvalue weighted by Gasteiger charge is -2.36. The molecule has 0 aromatic heterocycles. The highest BCUT2D eigenvalue weighted by Crippen LogP contribution is 2.32. The van der Waals surface area contributed by atoms with Gasteiger partial charge in [0.1, 0.15) is 17.5 Å². The topological polar surface area (TPSA) is 37.4 Å². The minimum absolute atomic E-state index is 0.0141. The summed E-state index contributed by atoms with van der Waals surface area (Å²) < 4.78 is 66.0. The summed E-state index contributed by atoms with van der Waals surface area (Å²) in [5, 5.41) is 0. The third-order valence-corrected chi connectivity index (χ3v) is 5.49. The van der Waals surface area contributed by atoms with Crippen LogP contribution in [0.1, 0.15) is 19.3 Å². The lowest BCUT2D eigenvalue weighted by molar-refractivity contribution is 0.226. The monoisotopic (exact) mass is 327 g/mol. The molecule has 1 fully saturated rings. The number of benzene rings is 1. The molecular formula is C12H13ClF3NO2S. The molecule has 0 N–H and O–H groups in total. The van der Waals surface area contributed by atoms with E-state index < -0.39 is 32.4 Å². The predicted molar refractivity (Wildman–Crippen MR) is 68.6 cm³/mol. The molecule has 8 heteroatoms. The van der Waals surface area contributed by atoms with Gasteiger partial charge in [-0.15, -0.1) is 11.6 Å². The van der Waals surface area contributed by atoms with Crippen molar-refractivity contribution in [2.24, 2.45) is 0 Å². The summed E-state index contributed by atoms with van der Waals surface area (Å²) in [7, 11) is -4.37. The first-order chi connectivity index (χ1) is 9.37. The van der Waals surface area contributed by atoms with Crippen LogP contribution in [0.5, 0.6) is 0 Å². The minimum atomic E-state index is -4.37. The largest absolute Gasteiger partial charge is 0.249 e. The van der Waals surface area contributed by atoms with Gasteiger partial charge in [-0.2, -0.15) is 4.31 Å². The molecule has 0 spiro atoms. The highest BCUT2D eigenvalue weighted by molar-refractivity contribution is 7.89. The average molecular weight is 328 g/mol. The summed E-state index contributed by atoms with van der Waals surface area (Å²) in [6.07, 6.45) is 2.11. The molecule has 0 radical (unpaired) electrons. The molecule has 3 nitrogen and oxygen atoms in total. The number of halogens is 4. The summed E-state index contributed by atoms with van der Waals surface area (Å²) in [4.78, 5) is -1.11. The lowest BCUT2D eigenvalue weighted by Crippen LogP contribution is -2.45. The van der Waals surface area contributed by atoms with Crippen molar-refractivity contribution in [3.8, 4) is 0 Å². The Balaban J connectivity index is 2.47. The molecule has 1 aliphatic rings. The summed E-state index contributed by atoms with van der Waals surface area (Å²) >= 11 is 5.57. The summed E-state index contributed by atoms with van der Waals surface area (Å²) in [6, 6.07) is 0.410. The number of hydrogen-bond donors (Lipinski definition) is 0. The Morgan fingerprint density at radius 2 is 1.75 bits per heavy atom. The Morgan fingerprint density at radius 3 is 2.15 bits per heavy atom. The van der Waals surface area contributed by atoms with Gasteiger partial charge in [0.05, 0.1) is 0 Å². The van der Waals surface area contributed by atoms with Gasteiger partial charge in [0.15, 0.2) is 4.90 Å². The number of hydrogen-bond acceptors (Lipinski definition) is 2. The first-order valence-electron chi connectivity index (χ1n) is 6.10. The quantitative estimate of drug-likeness (QED) is 0.780. The maximum absolute atomic E-state index is 13.7. The van der Waals surface area contributed by atoms with Crippen molar-refractivity contribution in [3.63, 3.8) is 0 Å². The molecule has 0 amide bonds. The van der Waals surface area contributed by atoms with Crippen LogP contribution in [0.4, 0.5) is 13.2 Å². The Labute approximate surface area is 120 Å². The van der Waals surface area contributed by atoms with Gasteiger partial charge in [0.25, 0.3) is 0 Å².